The molecule has 188 valence electrons. The van der Waals surface area contributed by atoms with E-state index in [-0.39, 0.29) is 18.2 Å². The van der Waals surface area contributed by atoms with Crippen LogP contribution in [0.15, 0.2) is 18.2 Å². The van der Waals surface area contributed by atoms with Gasteiger partial charge in [-0.1, -0.05) is 41.0 Å². The van der Waals surface area contributed by atoms with Gasteiger partial charge in [-0.3, -0.25) is 9.69 Å². The molecular formula is C28H47ClN2O2. The number of nitrogens with zero attached hydrogens (tertiary/aromatic N) is 2. The molecule has 0 amide bonds. The molecule has 1 saturated heterocycles. The quantitative estimate of drug-likeness (QED) is 0.376. The van der Waals surface area contributed by atoms with Gasteiger partial charge < -0.3 is 9.64 Å². The number of ether oxygens (including phenoxy) is 1. The summed E-state index contributed by atoms with van der Waals surface area (Å²) in [5.41, 5.74) is 4.25. The predicted molar refractivity (Wildman–Crippen MR) is 142 cm³/mol. The number of halogens is 1. The number of benzene rings is 1. The second-order valence-corrected chi connectivity index (χ2v) is 11.7. The Kier molecular flexibility index (Phi) is 10.3. The first kappa shape index (κ1) is 28.1. The molecule has 1 aliphatic carbocycles. The highest BCUT2D eigenvalue weighted by atomic mass is 35.5. The van der Waals surface area contributed by atoms with E-state index in [1.807, 2.05) is 0 Å². The summed E-state index contributed by atoms with van der Waals surface area (Å²) in [6.07, 6.45) is 6.64. The van der Waals surface area contributed by atoms with Crippen molar-refractivity contribution in [3.8, 4) is 0 Å². The normalized spacial score (nSPS) is 21.0. The molecular weight excluding hydrogens is 432 g/mol. The van der Waals surface area contributed by atoms with Crippen LogP contribution in [-0.4, -0.2) is 57.1 Å². The summed E-state index contributed by atoms with van der Waals surface area (Å²) in [6, 6.07) is 6.53. The fourth-order valence-corrected chi connectivity index (χ4v) is 6.34. The van der Waals surface area contributed by atoms with Gasteiger partial charge >= 0.3 is 0 Å². The highest BCUT2D eigenvalue weighted by Gasteiger charge is 2.40. The van der Waals surface area contributed by atoms with Gasteiger partial charge in [-0.2, -0.15) is 0 Å². The number of Topliss-reactive ketones (excluding diaryl/α,β-unsaturated/α-hetero) is 1. The number of unbranched alkanes of at least 4 members (excludes halogenated alkanes) is 1. The number of carbonyl (C=O) groups excluding carboxylic acids is 1. The molecule has 0 N–H and O–H groups in total. The molecule has 5 heteroatoms. The van der Waals surface area contributed by atoms with E-state index in [2.05, 4.69) is 62.6 Å². The summed E-state index contributed by atoms with van der Waals surface area (Å²) < 4.78 is 5.16. The first-order chi connectivity index (χ1) is 15.1. The van der Waals surface area contributed by atoms with E-state index in [0.29, 0.717) is 29.8 Å². The third kappa shape index (κ3) is 7.70. The van der Waals surface area contributed by atoms with Gasteiger partial charge in [0.15, 0.2) is 5.78 Å². The zero-order chi connectivity index (χ0) is 23.4. The number of carbonyl (C=O) groups is 1. The number of ketones is 1. The molecule has 1 aliphatic heterocycles. The third-order valence-electron chi connectivity index (χ3n) is 7.42. The lowest BCUT2D eigenvalue weighted by atomic mass is 9.60. The van der Waals surface area contributed by atoms with Gasteiger partial charge in [-0.25, -0.2) is 0 Å². The van der Waals surface area contributed by atoms with Gasteiger partial charge in [0.05, 0.1) is 6.61 Å². The van der Waals surface area contributed by atoms with Crippen LogP contribution in [0.25, 0.3) is 0 Å². The molecule has 0 aromatic heterocycles. The van der Waals surface area contributed by atoms with Crippen molar-refractivity contribution in [2.75, 3.05) is 51.3 Å². The maximum Gasteiger partial charge on any atom is 0.165 e. The number of hydrogen-bond donors (Lipinski definition) is 0. The summed E-state index contributed by atoms with van der Waals surface area (Å²) in [6.45, 7) is 18.1. The lowest BCUT2D eigenvalue weighted by Crippen LogP contribution is -2.47. The molecule has 1 saturated carbocycles. The maximum absolute atomic E-state index is 12.8. The number of methoxy groups -OCH3 is 1. The Labute approximate surface area is 208 Å². The molecule has 1 aromatic rings. The van der Waals surface area contributed by atoms with E-state index in [0.717, 1.165) is 31.7 Å². The molecule has 2 aliphatic rings. The Morgan fingerprint density at radius 3 is 2.27 bits per heavy atom. The number of anilines is 1. The monoisotopic (exact) mass is 478 g/mol. The largest absolute Gasteiger partial charge is 0.384 e. The second kappa shape index (κ2) is 12.0. The minimum absolute atomic E-state index is 0. The van der Waals surface area contributed by atoms with E-state index < -0.39 is 0 Å². The standard InChI is InChI=1S/C28H46N2O2.ClH/c1-7-8-12-29-13-15-30(16-14-29)25-10-9-22(26(31)11-17-32-6)18-24(25)23-19-27(2,3)21-28(4,5)20-23;/h9-10,18,23H,7-8,11-17,19-21H2,1-6H3;1H. The molecule has 1 aromatic carbocycles. The predicted octanol–water partition coefficient (Wildman–Crippen LogP) is 6.57. The van der Waals surface area contributed by atoms with Crippen molar-refractivity contribution in [2.45, 2.75) is 79.1 Å². The Bertz CT molecular complexity index is 753. The fourth-order valence-electron chi connectivity index (χ4n) is 6.34. The molecule has 1 heterocycles. The summed E-state index contributed by atoms with van der Waals surface area (Å²) in [4.78, 5) is 18.0. The van der Waals surface area contributed by atoms with Crippen LogP contribution in [0.5, 0.6) is 0 Å². The third-order valence-corrected chi connectivity index (χ3v) is 7.42. The van der Waals surface area contributed by atoms with Crippen molar-refractivity contribution in [3.63, 3.8) is 0 Å². The molecule has 33 heavy (non-hydrogen) atoms. The summed E-state index contributed by atoms with van der Waals surface area (Å²) in [5, 5.41) is 0. The van der Waals surface area contributed by atoms with Crippen LogP contribution in [0, 0.1) is 10.8 Å². The first-order valence-corrected chi connectivity index (χ1v) is 12.8. The zero-order valence-electron chi connectivity index (χ0n) is 21.9. The van der Waals surface area contributed by atoms with E-state index in [1.165, 1.54) is 49.9 Å². The van der Waals surface area contributed by atoms with Gasteiger partial charge in [-0.15, -0.1) is 12.4 Å². The van der Waals surface area contributed by atoms with Crippen molar-refractivity contribution in [2.24, 2.45) is 10.8 Å². The van der Waals surface area contributed by atoms with Crippen molar-refractivity contribution >= 4 is 23.9 Å². The van der Waals surface area contributed by atoms with E-state index in [4.69, 9.17) is 4.74 Å². The molecule has 0 atom stereocenters. The Balaban J connectivity index is 0.00000385. The van der Waals surface area contributed by atoms with Crippen molar-refractivity contribution in [1.82, 2.24) is 4.90 Å². The Hall–Kier alpha value is -1.10. The highest BCUT2D eigenvalue weighted by molar-refractivity contribution is 5.96. The van der Waals surface area contributed by atoms with Crippen LogP contribution in [-0.2, 0) is 4.74 Å². The van der Waals surface area contributed by atoms with Gasteiger partial charge in [0.25, 0.3) is 0 Å². The maximum atomic E-state index is 12.8. The Morgan fingerprint density at radius 1 is 1.06 bits per heavy atom. The van der Waals surface area contributed by atoms with E-state index in [9.17, 15) is 4.79 Å². The Morgan fingerprint density at radius 2 is 1.70 bits per heavy atom. The van der Waals surface area contributed by atoms with Gasteiger partial charge in [0.2, 0.25) is 0 Å². The lowest BCUT2D eigenvalue weighted by molar-refractivity contribution is 0.0931. The van der Waals surface area contributed by atoms with Gasteiger partial charge in [0.1, 0.15) is 0 Å². The summed E-state index contributed by atoms with van der Waals surface area (Å²) >= 11 is 0. The van der Waals surface area contributed by atoms with Crippen LogP contribution in [0.3, 0.4) is 0 Å². The van der Waals surface area contributed by atoms with Crippen LogP contribution in [0.2, 0.25) is 0 Å². The van der Waals surface area contributed by atoms with Gasteiger partial charge in [0, 0.05) is 51.0 Å². The minimum Gasteiger partial charge on any atom is -0.384 e. The lowest BCUT2D eigenvalue weighted by Gasteiger charge is -2.46. The molecule has 4 nitrogen and oxygen atoms in total. The average Bonchev–Trinajstić information content (AvgIpc) is 2.74. The second-order valence-electron chi connectivity index (χ2n) is 11.7. The van der Waals surface area contributed by atoms with Crippen LogP contribution in [0.1, 0.15) is 95.0 Å². The molecule has 2 fully saturated rings. The highest BCUT2D eigenvalue weighted by Crippen LogP contribution is 2.53. The number of piperazine rings is 1. The zero-order valence-corrected chi connectivity index (χ0v) is 22.7. The van der Waals surface area contributed by atoms with E-state index >= 15 is 0 Å². The first-order valence-electron chi connectivity index (χ1n) is 12.8. The van der Waals surface area contributed by atoms with Crippen molar-refractivity contribution in [3.05, 3.63) is 29.3 Å². The number of rotatable bonds is 9. The smallest absolute Gasteiger partial charge is 0.165 e. The molecule has 0 spiro atoms. The topological polar surface area (TPSA) is 32.8 Å². The van der Waals surface area contributed by atoms with Gasteiger partial charge in [-0.05, 0) is 72.7 Å². The van der Waals surface area contributed by atoms with Crippen LogP contribution >= 0.6 is 12.4 Å². The molecule has 0 radical (unpaired) electrons. The number of hydrogen-bond acceptors (Lipinski definition) is 4. The summed E-state index contributed by atoms with van der Waals surface area (Å²) in [5.74, 6) is 0.690. The van der Waals surface area contributed by atoms with E-state index in [1.54, 1.807) is 7.11 Å². The SMILES string of the molecule is CCCCN1CCN(c2ccc(C(=O)CCOC)cc2C2CC(C)(C)CC(C)(C)C2)CC1.Cl. The summed E-state index contributed by atoms with van der Waals surface area (Å²) in [7, 11) is 1.66. The fraction of sp³-hybridized carbons (Fsp3) is 0.750. The minimum atomic E-state index is 0. The van der Waals surface area contributed by atoms with Crippen molar-refractivity contribution in [1.29, 1.82) is 0 Å². The van der Waals surface area contributed by atoms with Crippen LogP contribution < -0.4 is 4.90 Å². The molecule has 0 bridgehead atoms. The molecule has 0 unspecified atom stereocenters. The average molecular weight is 479 g/mol. The van der Waals surface area contributed by atoms with Crippen LogP contribution in [0.4, 0.5) is 5.69 Å². The molecule has 3 rings (SSSR count). The van der Waals surface area contributed by atoms with Crippen molar-refractivity contribution < 1.29 is 9.53 Å².